The SMILES string of the molecule is O=c1cc(C(F)(F)F)[nH]c2cc(C(F)(F)F)cc(NC3CCC(C(F)(F)F)CC3)c12. The van der Waals surface area contributed by atoms with Crippen LogP contribution in [-0.4, -0.2) is 17.2 Å². The standard InChI is InChI=1S/C18H15F9N2O/c19-16(20,21)8-1-3-10(4-2-8)28-11-5-9(17(22,23)24)6-12-15(11)13(30)7-14(29-12)18(25,26)27/h5-8,10,28H,1-4H2,(H,29,30). The van der Waals surface area contributed by atoms with Gasteiger partial charge in [-0.3, -0.25) is 4.79 Å². The lowest BCUT2D eigenvalue weighted by Gasteiger charge is -2.31. The maximum Gasteiger partial charge on any atom is 0.431 e. The van der Waals surface area contributed by atoms with E-state index in [0.717, 1.165) is 0 Å². The summed E-state index contributed by atoms with van der Waals surface area (Å²) in [5, 5.41) is 2.22. The van der Waals surface area contributed by atoms with Crippen molar-refractivity contribution in [1.82, 2.24) is 4.98 Å². The number of rotatable bonds is 2. The van der Waals surface area contributed by atoms with Gasteiger partial charge in [0.15, 0.2) is 5.43 Å². The van der Waals surface area contributed by atoms with Crippen molar-refractivity contribution in [3.8, 4) is 0 Å². The smallest absolute Gasteiger partial charge is 0.382 e. The molecule has 3 rings (SSSR count). The van der Waals surface area contributed by atoms with E-state index in [4.69, 9.17) is 0 Å². The number of hydrogen-bond acceptors (Lipinski definition) is 2. The van der Waals surface area contributed by atoms with Crippen molar-refractivity contribution in [2.45, 2.75) is 50.3 Å². The van der Waals surface area contributed by atoms with Gasteiger partial charge in [-0.1, -0.05) is 0 Å². The summed E-state index contributed by atoms with van der Waals surface area (Å²) in [4.78, 5) is 14.1. The molecule has 30 heavy (non-hydrogen) atoms. The van der Waals surface area contributed by atoms with Gasteiger partial charge in [-0.2, -0.15) is 39.5 Å². The molecule has 0 aliphatic heterocycles. The minimum absolute atomic E-state index is 0.0134. The molecule has 3 nitrogen and oxygen atoms in total. The Labute approximate surface area is 163 Å². The van der Waals surface area contributed by atoms with Crippen LogP contribution in [0.1, 0.15) is 36.9 Å². The fraction of sp³-hybridized carbons (Fsp3) is 0.500. The highest BCUT2D eigenvalue weighted by Gasteiger charge is 2.41. The molecule has 166 valence electrons. The van der Waals surface area contributed by atoms with Crippen LogP contribution >= 0.6 is 0 Å². The van der Waals surface area contributed by atoms with Gasteiger partial charge in [0.25, 0.3) is 0 Å². The molecule has 0 saturated heterocycles. The number of halogens is 9. The monoisotopic (exact) mass is 446 g/mol. The van der Waals surface area contributed by atoms with E-state index in [-0.39, 0.29) is 37.4 Å². The predicted octanol–water partition coefficient (Wildman–Crippen LogP) is 6.10. The Morgan fingerprint density at radius 1 is 0.833 bits per heavy atom. The third-order valence-electron chi connectivity index (χ3n) is 5.11. The highest BCUT2D eigenvalue weighted by Crippen LogP contribution is 2.40. The number of fused-ring (bicyclic) bond motifs is 1. The molecule has 1 aromatic carbocycles. The van der Waals surface area contributed by atoms with Crippen LogP contribution in [-0.2, 0) is 12.4 Å². The second-order valence-electron chi connectivity index (χ2n) is 7.22. The molecule has 1 heterocycles. The van der Waals surface area contributed by atoms with E-state index in [2.05, 4.69) is 5.32 Å². The molecule has 0 unspecified atom stereocenters. The van der Waals surface area contributed by atoms with Crippen molar-refractivity contribution in [2.24, 2.45) is 5.92 Å². The number of aromatic nitrogens is 1. The fourth-order valence-corrected chi connectivity index (χ4v) is 3.61. The van der Waals surface area contributed by atoms with E-state index in [9.17, 15) is 44.3 Å². The maximum atomic E-state index is 13.2. The fourth-order valence-electron chi connectivity index (χ4n) is 3.61. The summed E-state index contributed by atoms with van der Waals surface area (Å²) in [7, 11) is 0. The number of benzene rings is 1. The number of anilines is 1. The summed E-state index contributed by atoms with van der Waals surface area (Å²) in [6, 6.07) is 0.566. The van der Waals surface area contributed by atoms with E-state index in [1.165, 1.54) is 0 Å². The van der Waals surface area contributed by atoms with Crippen molar-refractivity contribution >= 4 is 16.6 Å². The Kier molecular flexibility index (Phi) is 5.48. The Morgan fingerprint density at radius 2 is 1.43 bits per heavy atom. The van der Waals surface area contributed by atoms with Gasteiger partial charge in [0.1, 0.15) is 5.69 Å². The second kappa shape index (κ2) is 7.38. The minimum Gasteiger partial charge on any atom is -0.382 e. The third-order valence-corrected chi connectivity index (χ3v) is 5.11. The molecular weight excluding hydrogens is 431 g/mol. The highest BCUT2D eigenvalue weighted by molar-refractivity contribution is 5.92. The zero-order valence-electron chi connectivity index (χ0n) is 15.0. The summed E-state index contributed by atoms with van der Waals surface area (Å²) < 4.78 is 117. The summed E-state index contributed by atoms with van der Waals surface area (Å²) >= 11 is 0. The van der Waals surface area contributed by atoms with E-state index in [1.54, 1.807) is 0 Å². The topological polar surface area (TPSA) is 44.9 Å². The molecule has 1 aliphatic rings. The first kappa shape index (κ1) is 22.3. The third kappa shape index (κ3) is 4.67. The molecule has 1 aromatic heterocycles. The molecule has 0 radical (unpaired) electrons. The van der Waals surface area contributed by atoms with Crippen LogP contribution in [0, 0.1) is 5.92 Å². The highest BCUT2D eigenvalue weighted by atomic mass is 19.4. The van der Waals surface area contributed by atoms with Crippen LogP contribution in [0.25, 0.3) is 10.9 Å². The largest absolute Gasteiger partial charge is 0.431 e. The van der Waals surface area contributed by atoms with Crippen LogP contribution in [0.5, 0.6) is 0 Å². The van der Waals surface area contributed by atoms with Gasteiger partial charge in [-0.25, -0.2) is 0 Å². The first-order valence-corrected chi connectivity index (χ1v) is 8.85. The Hall–Kier alpha value is -2.40. The van der Waals surface area contributed by atoms with Crippen LogP contribution in [0.3, 0.4) is 0 Å². The molecule has 0 spiro atoms. The molecular formula is C18H15F9N2O. The lowest BCUT2D eigenvalue weighted by Crippen LogP contribution is -2.33. The van der Waals surface area contributed by atoms with Crippen molar-refractivity contribution in [3.05, 3.63) is 39.7 Å². The van der Waals surface area contributed by atoms with E-state index in [1.807, 2.05) is 4.98 Å². The lowest BCUT2D eigenvalue weighted by atomic mass is 9.85. The molecule has 0 amide bonds. The van der Waals surface area contributed by atoms with Crippen LogP contribution in [0.2, 0.25) is 0 Å². The van der Waals surface area contributed by atoms with Gasteiger partial charge in [0.2, 0.25) is 0 Å². The molecule has 2 aromatic rings. The zero-order chi connectivity index (χ0) is 22.5. The Bertz CT molecular complexity index is 975. The summed E-state index contributed by atoms with van der Waals surface area (Å²) in [5.74, 6) is -1.52. The summed E-state index contributed by atoms with van der Waals surface area (Å²) in [6.45, 7) is 0. The van der Waals surface area contributed by atoms with Crippen molar-refractivity contribution in [2.75, 3.05) is 5.32 Å². The average Bonchev–Trinajstić information content (AvgIpc) is 2.59. The van der Waals surface area contributed by atoms with E-state index in [0.29, 0.717) is 12.1 Å². The summed E-state index contributed by atoms with van der Waals surface area (Å²) in [6.07, 6.45) is -14.8. The number of alkyl halides is 9. The Balaban J connectivity index is 2.02. The number of hydrogen-bond donors (Lipinski definition) is 2. The Morgan fingerprint density at radius 3 is 1.93 bits per heavy atom. The molecule has 0 bridgehead atoms. The van der Waals surface area contributed by atoms with Crippen LogP contribution in [0.4, 0.5) is 45.2 Å². The second-order valence-corrected chi connectivity index (χ2v) is 7.22. The van der Waals surface area contributed by atoms with E-state index < -0.39 is 58.1 Å². The number of nitrogens with one attached hydrogen (secondary N) is 2. The van der Waals surface area contributed by atoms with Gasteiger partial charge >= 0.3 is 18.5 Å². The number of H-pyrrole nitrogens is 1. The number of aromatic amines is 1. The maximum absolute atomic E-state index is 13.2. The number of pyridine rings is 1. The molecule has 1 saturated carbocycles. The van der Waals surface area contributed by atoms with Gasteiger partial charge in [-0.05, 0) is 37.8 Å². The van der Waals surface area contributed by atoms with Gasteiger partial charge in [0, 0.05) is 17.8 Å². The van der Waals surface area contributed by atoms with Crippen molar-refractivity contribution in [3.63, 3.8) is 0 Å². The van der Waals surface area contributed by atoms with Gasteiger partial charge in [-0.15, -0.1) is 0 Å². The molecule has 1 aliphatic carbocycles. The first-order valence-electron chi connectivity index (χ1n) is 8.85. The molecule has 2 N–H and O–H groups in total. The lowest BCUT2D eigenvalue weighted by molar-refractivity contribution is -0.182. The van der Waals surface area contributed by atoms with E-state index >= 15 is 0 Å². The first-order chi connectivity index (χ1) is 13.7. The molecule has 12 heteroatoms. The molecule has 1 fully saturated rings. The van der Waals surface area contributed by atoms with Crippen LogP contribution < -0.4 is 10.7 Å². The van der Waals surface area contributed by atoms with Gasteiger partial charge < -0.3 is 10.3 Å². The summed E-state index contributed by atoms with van der Waals surface area (Å²) in [5.41, 5.74) is -5.00. The average molecular weight is 446 g/mol. The zero-order valence-corrected chi connectivity index (χ0v) is 15.0. The van der Waals surface area contributed by atoms with Crippen LogP contribution in [0.15, 0.2) is 23.0 Å². The molecule has 0 atom stereocenters. The normalized spacial score (nSPS) is 21.1. The predicted molar refractivity (Wildman–Crippen MR) is 90.0 cm³/mol. The van der Waals surface area contributed by atoms with Gasteiger partial charge in [0.05, 0.1) is 22.4 Å². The van der Waals surface area contributed by atoms with Crippen molar-refractivity contribution in [1.29, 1.82) is 0 Å². The quantitative estimate of drug-likeness (QED) is 0.548. The van der Waals surface area contributed by atoms with Crippen molar-refractivity contribution < 1.29 is 39.5 Å². The minimum atomic E-state index is -4.98.